The number of hydrazone groups is 1. The Balaban J connectivity index is 2.67. The number of rotatable bonds is 4. The van der Waals surface area contributed by atoms with Crippen molar-refractivity contribution in [1.82, 2.24) is 5.43 Å². The van der Waals surface area contributed by atoms with Crippen LogP contribution in [0.25, 0.3) is 0 Å². The van der Waals surface area contributed by atoms with Crippen LogP contribution in [0.3, 0.4) is 0 Å². The molecule has 0 saturated heterocycles. The molecule has 0 bridgehead atoms. The predicted octanol–water partition coefficient (Wildman–Crippen LogP) is -1.89. The van der Waals surface area contributed by atoms with E-state index in [1.807, 2.05) is 0 Å². The minimum atomic E-state index is -0.855. The molecule has 4 N–H and O–H groups in total. The summed E-state index contributed by atoms with van der Waals surface area (Å²) in [4.78, 5) is 19.8. The van der Waals surface area contributed by atoms with Crippen LogP contribution in [0.2, 0.25) is 0 Å². The zero-order valence-corrected chi connectivity index (χ0v) is 8.94. The van der Waals surface area contributed by atoms with Crippen LogP contribution in [0.5, 0.6) is 0 Å². The van der Waals surface area contributed by atoms with E-state index in [1.54, 1.807) is 5.43 Å². The van der Waals surface area contributed by atoms with E-state index in [2.05, 4.69) is 10.2 Å². The number of benzene rings is 1. The molecule has 0 unspecified atom stereocenters. The molecule has 0 saturated carbocycles. The number of hydrazine groups is 1. The number of hydrogen-bond donors (Lipinski definition) is 3. The summed E-state index contributed by atoms with van der Waals surface area (Å²) in [7, 11) is 0. The van der Waals surface area contributed by atoms with Gasteiger partial charge in [-0.2, -0.15) is 0 Å². The van der Waals surface area contributed by atoms with Crippen LogP contribution >= 0.6 is 0 Å². The first-order valence-corrected chi connectivity index (χ1v) is 4.56. The fraction of sp³-hybridized carbons (Fsp3) is 0. The Hall–Kier alpha value is -3.04. The third kappa shape index (κ3) is 4.22. The van der Waals surface area contributed by atoms with Gasteiger partial charge >= 0.3 is 5.96 Å². The SMILES string of the molecule is NC(=N/[NH+]=C\c1ccc([N+](=O)[O-])cc1)N[N+](=O)[O-]. The number of non-ortho nitro benzene ring substituents is 1. The van der Waals surface area contributed by atoms with Gasteiger partial charge in [0, 0.05) is 22.8 Å². The normalized spacial score (nSPS) is 11.4. The van der Waals surface area contributed by atoms with Gasteiger partial charge in [0.15, 0.2) is 5.03 Å². The summed E-state index contributed by atoms with van der Waals surface area (Å²) in [5, 5.41) is 25.3. The molecule has 1 rings (SSSR count). The van der Waals surface area contributed by atoms with E-state index in [-0.39, 0.29) is 5.69 Å². The summed E-state index contributed by atoms with van der Waals surface area (Å²) in [5.74, 6) is -0.418. The number of nitrogens with one attached hydrogen (secondary N) is 2. The molecule has 0 aromatic heterocycles. The highest BCUT2D eigenvalue weighted by Gasteiger charge is 2.04. The molecule has 0 heterocycles. The molecule has 0 aliphatic heterocycles. The minimum Gasteiger partial charge on any atom is -0.360 e. The quantitative estimate of drug-likeness (QED) is 0.247. The van der Waals surface area contributed by atoms with Gasteiger partial charge in [-0.15, -0.1) is 5.10 Å². The third-order valence-electron chi connectivity index (χ3n) is 1.73. The lowest BCUT2D eigenvalue weighted by atomic mass is 10.2. The van der Waals surface area contributed by atoms with Crippen LogP contribution in [0.1, 0.15) is 5.56 Å². The Morgan fingerprint density at radius 3 is 2.44 bits per heavy atom. The molecular formula is C8H9N6O4+. The highest BCUT2D eigenvalue weighted by molar-refractivity contribution is 5.77. The number of nitro benzene ring substituents is 1. The Bertz CT molecular complexity index is 509. The minimum absolute atomic E-state index is 0.0369. The first-order chi connectivity index (χ1) is 8.49. The summed E-state index contributed by atoms with van der Waals surface area (Å²) in [6.07, 6.45) is 1.37. The molecule has 0 amide bonds. The van der Waals surface area contributed by atoms with Crippen LogP contribution in [0.4, 0.5) is 5.69 Å². The number of nitro groups is 2. The topological polar surface area (TPSA) is 151 Å². The second-order valence-corrected chi connectivity index (χ2v) is 2.99. The van der Waals surface area contributed by atoms with Crippen molar-refractivity contribution in [3.8, 4) is 0 Å². The fourth-order valence-electron chi connectivity index (χ4n) is 0.987. The van der Waals surface area contributed by atoms with E-state index in [0.717, 1.165) is 0 Å². The molecule has 18 heavy (non-hydrogen) atoms. The molecule has 1 aromatic carbocycles. The Kier molecular flexibility index (Phi) is 4.26. The molecule has 0 fully saturated rings. The van der Waals surface area contributed by atoms with Crippen molar-refractivity contribution in [1.29, 1.82) is 0 Å². The first kappa shape index (κ1) is 13.0. The third-order valence-corrected chi connectivity index (χ3v) is 1.73. The van der Waals surface area contributed by atoms with E-state index in [0.29, 0.717) is 5.56 Å². The standard InChI is InChI=1S/C8H8N6O4/c9-8(12-14(17)18)11-10-5-6-1-3-7(4-2-6)13(15)16/h1-5H,(H3,9,11,12)/p+1/b10-5-. The monoisotopic (exact) mass is 253 g/mol. The summed E-state index contributed by atoms with van der Waals surface area (Å²) >= 11 is 0. The second-order valence-electron chi connectivity index (χ2n) is 2.99. The fourth-order valence-corrected chi connectivity index (χ4v) is 0.987. The van der Waals surface area contributed by atoms with Gasteiger partial charge in [0.25, 0.3) is 5.69 Å². The van der Waals surface area contributed by atoms with E-state index in [9.17, 15) is 20.2 Å². The van der Waals surface area contributed by atoms with Crippen LogP contribution < -0.4 is 16.3 Å². The lowest BCUT2D eigenvalue weighted by Crippen LogP contribution is -2.64. The molecule has 0 atom stereocenters. The molecule has 10 heteroatoms. The molecule has 0 radical (unpaired) electrons. The van der Waals surface area contributed by atoms with Crippen LogP contribution in [-0.4, -0.2) is 22.1 Å². The molecule has 10 nitrogen and oxygen atoms in total. The number of hydrogen-bond acceptors (Lipinski definition) is 5. The molecule has 1 aromatic rings. The van der Waals surface area contributed by atoms with Crippen molar-refractivity contribution in [2.75, 3.05) is 0 Å². The van der Waals surface area contributed by atoms with E-state index in [1.165, 1.54) is 30.5 Å². The van der Waals surface area contributed by atoms with Crippen LogP contribution in [-0.2, 0) is 0 Å². The van der Waals surface area contributed by atoms with Gasteiger partial charge in [-0.3, -0.25) is 10.1 Å². The molecule has 0 spiro atoms. The van der Waals surface area contributed by atoms with Crippen LogP contribution in [0, 0.1) is 20.2 Å². The zero-order valence-electron chi connectivity index (χ0n) is 8.94. The van der Waals surface area contributed by atoms with Gasteiger partial charge in [0.2, 0.25) is 6.21 Å². The zero-order chi connectivity index (χ0) is 13.5. The average molecular weight is 253 g/mol. The lowest BCUT2D eigenvalue weighted by molar-refractivity contribution is -0.528. The smallest absolute Gasteiger partial charge is 0.319 e. The van der Waals surface area contributed by atoms with Crippen molar-refractivity contribution in [3.05, 3.63) is 50.1 Å². The Labute approximate surface area is 100 Å². The van der Waals surface area contributed by atoms with Crippen LogP contribution in [0.15, 0.2) is 29.4 Å². The van der Waals surface area contributed by atoms with Gasteiger partial charge in [0.1, 0.15) is 0 Å². The second kappa shape index (κ2) is 5.89. The molecule has 94 valence electrons. The van der Waals surface area contributed by atoms with E-state index < -0.39 is 15.9 Å². The van der Waals surface area contributed by atoms with Gasteiger partial charge in [-0.25, -0.2) is 10.1 Å². The Morgan fingerprint density at radius 1 is 1.33 bits per heavy atom. The molecule has 0 aliphatic carbocycles. The maximum absolute atomic E-state index is 10.4. The summed E-state index contributed by atoms with van der Waals surface area (Å²) in [6.45, 7) is 0. The summed E-state index contributed by atoms with van der Waals surface area (Å²) in [5.41, 5.74) is 7.32. The maximum Gasteiger partial charge on any atom is 0.319 e. The van der Waals surface area contributed by atoms with E-state index >= 15 is 0 Å². The van der Waals surface area contributed by atoms with E-state index in [4.69, 9.17) is 5.73 Å². The largest absolute Gasteiger partial charge is 0.360 e. The Morgan fingerprint density at radius 2 is 1.94 bits per heavy atom. The van der Waals surface area contributed by atoms with Gasteiger partial charge < -0.3 is 5.73 Å². The molecule has 0 aliphatic rings. The number of nitrogens with zero attached hydrogens (tertiary/aromatic N) is 3. The summed E-state index contributed by atoms with van der Waals surface area (Å²) < 4.78 is 0. The van der Waals surface area contributed by atoms with Crippen molar-refractivity contribution >= 4 is 17.9 Å². The summed E-state index contributed by atoms with van der Waals surface area (Å²) in [6, 6.07) is 5.60. The van der Waals surface area contributed by atoms with Crippen molar-refractivity contribution in [3.63, 3.8) is 0 Å². The maximum atomic E-state index is 10.4. The highest BCUT2D eigenvalue weighted by Crippen LogP contribution is 2.09. The predicted molar refractivity (Wildman–Crippen MR) is 61.0 cm³/mol. The molecular weight excluding hydrogens is 244 g/mol. The van der Waals surface area contributed by atoms with Crippen molar-refractivity contribution in [2.24, 2.45) is 10.8 Å². The van der Waals surface area contributed by atoms with Crippen molar-refractivity contribution in [2.45, 2.75) is 0 Å². The lowest BCUT2D eigenvalue weighted by Gasteiger charge is -1.90. The number of guanidine groups is 1. The van der Waals surface area contributed by atoms with Gasteiger partial charge in [0.05, 0.1) is 4.92 Å². The number of nitrogens with two attached hydrogens (primary N) is 1. The van der Waals surface area contributed by atoms with Gasteiger partial charge in [-0.1, -0.05) is 5.43 Å². The highest BCUT2D eigenvalue weighted by atomic mass is 16.7. The van der Waals surface area contributed by atoms with Crippen molar-refractivity contribution < 1.29 is 15.1 Å². The van der Waals surface area contributed by atoms with Gasteiger partial charge in [-0.05, 0) is 12.1 Å². The first-order valence-electron chi connectivity index (χ1n) is 4.56. The average Bonchev–Trinajstić information content (AvgIpc) is 2.28.